The van der Waals surface area contributed by atoms with Crippen LogP contribution in [0.5, 0.6) is 0 Å². The molecular weight excluding hydrogens is 256 g/mol. The van der Waals surface area contributed by atoms with Gasteiger partial charge in [0.05, 0.1) is 0 Å². The summed E-state index contributed by atoms with van der Waals surface area (Å²) in [5, 5.41) is 6.57. The number of nitrogens with one attached hydrogen (secondary N) is 3. The molecule has 1 unspecified atom stereocenters. The smallest absolute Gasteiger partial charge is 0.268 e. The second-order valence-corrected chi connectivity index (χ2v) is 5.04. The Hall–Kier alpha value is -2.50. The van der Waals surface area contributed by atoms with Gasteiger partial charge < -0.3 is 21.4 Å². The Labute approximate surface area is 115 Å². The number of benzene rings is 1. The van der Waals surface area contributed by atoms with E-state index in [0.29, 0.717) is 30.8 Å². The molecule has 20 heavy (non-hydrogen) atoms. The third kappa shape index (κ3) is 2.45. The van der Waals surface area contributed by atoms with Gasteiger partial charge in [0, 0.05) is 35.6 Å². The quantitative estimate of drug-likeness (QED) is 0.607. The highest BCUT2D eigenvalue weighted by molar-refractivity contribution is 5.98. The van der Waals surface area contributed by atoms with Crippen molar-refractivity contribution in [1.29, 1.82) is 0 Å². The van der Waals surface area contributed by atoms with Crippen LogP contribution in [-0.2, 0) is 4.79 Å². The van der Waals surface area contributed by atoms with E-state index in [4.69, 9.17) is 5.73 Å². The Balaban J connectivity index is 1.73. The second-order valence-electron chi connectivity index (χ2n) is 5.04. The van der Waals surface area contributed by atoms with E-state index in [2.05, 4.69) is 15.6 Å². The lowest BCUT2D eigenvalue weighted by molar-refractivity contribution is -0.122. The first-order valence-corrected chi connectivity index (χ1v) is 6.57. The molecule has 1 atom stereocenters. The van der Waals surface area contributed by atoms with Crippen LogP contribution in [0, 0.1) is 0 Å². The molecule has 104 valence electrons. The highest BCUT2D eigenvalue weighted by Crippen LogP contribution is 2.18. The molecular formula is C14H16N4O2. The van der Waals surface area contributed by atoms with Crippen LogP contribution in [0.1, 0.15) is 23.3 Å². The molecule has 0 saturated carbocycles. The van der Waals surface area contributed by atoms with E-state index in [1.165, 1.54) is 0 Å². The van der Waals surface area contributed by atoms with Gasteiger partial charge in [0.25, 0.3) is 5.91 Å². The van der Waals surface area contributed by atoms with Crippen LogP contribution >= 0.6 is 0 Å². The van der Waals surface area contributed by atoms with Crippen molar-refractivity contribution in [2.45, 2.75) is 18.9 Å². The van der Waals surface area contributed by atoms with Gasteiger partial charge in [-0.1, -0.05) is 0 Å². The van der Waals surface area contributed by atoms with E-state index in [9.17, 15) is 9.59 Å². The van der Waals surface area contributed by atoms with Crippen molar-refractivity contribution >= 4 is 28.4 Å². The standard InChI is InChI=1S/C14H16N4O2/c15-9-1-3-11-8(5-9)6-12(18-11)14(20)17-10-2-4-13(19)16-7-10/h1,3,5-6,10,18H,2,4,7,15H2,(H,16,19)(H,17,20). The zero-order valence-electron chi connectivity index (χ0n) is 10.9. The van der Waals surface area contributed by atoms with E-state index < -0.39 is 0 Å². The molecule has 1 aromatic heterocycles. The molecule has 1 aromatic carbocycles. The third-order valence-electron chi connectivity index (χ3n) is 3.49. The van der Waals surface area contributed by atoms with Gasteiger partial charge in [-0.25, -0.2) is 0 Å². The number of carbonyl (C=O) groups is 2. The average Bonchev–Trinajstić information content (AvgIpc) is 2.84. The van der Waals surface area contributed by atoms with Crippen molar-refractivity contribution < 1.29 is 9.59 Å². The van der Waals surface area contributed by atoms with Crippen molar-refractivity contribution in [3.63, 3.8) is 0 Å². The number of nitrogen functional groups attached to an aromatic ring is 1. The Bertz CT molecular complexity index is 667. The number of rotatable bonds is 2. The number of anilines is 1. The average molecular weight is 272 g/mol. The van der Waals surface area contributed by atoms with Crippen molar-refractivity contribution in [2.75, 3.05) is 12.3 Å². The third-order valence-corrected chi connectivity index (χ3v) is 3.49. The molecule has 1 fully saturated rings. The fraction of sp³-hybridized carbons (Fsp3) is 0.286. The predicted molar refractivity (Wildman–Crippen MR) is 76.2 cm³/mol. The number of piperidine rings is 1. The monoisotopic (exact) mass is 272 g/mol. The van der Waals surface area contributed by atoms with Crippen LogP contribution in [0.25, 0.3) is 10.9 Å². The fourth-order valence-electron chi connectivity index (χ4n) is 2.39. The second kappa shape index (κ2) is 4.88. The van der Waals surface area contributed by atoms with Gasteiger partial charge in [-0.05, 0) is 30.7 Å². The van der Waals surface area contributed by atoms with E-state index in [1.54, 1.807) is 12.1 Å². The minimum Gasteiger partial charge on any atom is -0.399 e. The van der Waals surface area contributed by atoms with Crippen LogP contribution in [0.15, 0.2) is 24.3 Å². The van der Waals surface area contributed by atoms with Gasteiger partial charge in [0.1, 0.15) is 5.69 Å². The first-order valence-electron chi connectivity index (χ1n) is 6.57. The van der Waals surface area contributed by atoms with Gasteiger partial charge in [-0.15, -0.1) is 0 Å². The van der Waals surface area contributed by atoms with Gasteiger partial charge >= 0.3 is 0 Å². The van der Waals surface area contributed by atoms with Crippen LogP contribution in [-0.4, -0.2) is 29.4 Å². The molecule has 0 spiro atoms. The highest BCUT2D eigenvalue weighted by Gasteiger charge is 2.20. The predicted octanol–water partition coefficient (Wildman–Crippen LogP) is 0.758. The summed E-state index contributed by atoms with van der Waals surface area (Å²) in [6, 6.07) is 7.22. The molecule has 0 radical (unpaired) electrons. The maximum atomic E-state index is 12.2. The van der Waals surface area contributed by atoms with Crippen LogP contribution in [0.2, 0.25) is 0 Å². The van der Waals surface area contributed by atoms with Crippen LogP contribution in [0.3, 0.4) is 0 Å². The Morgan fingerprint density at radius 3 is 2.95 bits per heavy atom. The molecule has 1 aliphatic heterocycles. The van der Waals surface area contributed by atoms with Gasteiger partial charge in [0.2, 0.25) is 5.91 Å². The fourth-order valence-corrected chi connectivity index (χ4v) is 2.39. The molecule has 5 N–H and O–H groups in total. The van der Waals surface area contributed by atoms with E-state index in [-0.39, 0.29) is 17.9 Å². The number of aromatic amines is 1. The van der Waals surface area contributed by atoms with Crippen molar-refractivity contribution in [1.82, 2.24) is 15.6 Å². The molecule has 1 aliphatic rings. The minimum absolute atomic E-state index is 0.0170. The lowest BCUT2D eigenvalue weighted by Crippen LogP contribution is -2.47. The summed E-state index contributed by atoms with van der Waals surface area (Å²) in [7, 11) is 0. The number of amides is 2. The number of carbonyl (C=O) groups excluding carboxylic acids is 2. The van der Waals surface area contributed by atoms with Crippen molar-refractivity contribution in [2.24, 2.45) is 0 Å². The Morgan fingerprint density at radius 1 is 1.35 bits per heavy atom. The largest absolute Gasteiger partial charge is 0.399 e. The van der Waals surface area contributed by atoms with E-state index >= 15 is 0 Å². The summed E-state index contributed by atoms with van der Waals surface area (Å²) in [4.78, 5) is 26.3. The summed E-state index contributed by atoms with van der Waals surface area (Å²) in [5.41, 5.74) is 7.76. The van der Waals surface area contributed by atoms with Gasteiger partial charge in [-0.2, -0.15) is 0 Å². The lowest BCUT2D eigenvalue weighted by atomic mass is 10.1. The molecule has 6 nitrogen and oxygen atoms in total. The topological polar surface area (TPSA) is 100 Å². The zero-order chi connectivity index (χ0) is 14.1. The molecule has 2 aromatic rings. The van der Waals surface area contributed by atoms with E-state index in [0.717, 1.165) is 10.9 Å². The molecule has 0 bridgehead atoms. The first-order chi connectivity index (χ1) is 9.61. The molecule has 3 rings (SSSR count). The maximum absolute atomic E-state index is 12.2. The maximum Gasteiger partial charge on any atom is 0.268 e. The van der Waals surface area contributed by atoms with Crippen molar-refractivity contribution in [3.8, 4) is 0 Å². The first kappa shape index (κ1) is 12.5. The number of aromatic nitrogens is 1. The SMILES string of the molecule is Nc1ccc2[nH]c(C(=O)NC3CCC(=O)NC3)cc2c1. The molecule has 2 amide bonds. The number of hydrogen-bond donors (Lipinski definition) is 4. The summed E-state index contributed by atoms with van der Waals surface area (Å²) < 4.78 is 0. The van der Waals surface area contributed by atoms with Gasteiger partial charge in [-0.3, -0.25) is 9.59 Å². The lowest BCUT2D eigenvalue weighted by Gasteiger charge is -2.23. The molecule has 0 aliphatic carbocycles. The molecule has 6 heteroatoms. The summed E-state index contributed by atoms with van der Waals surface area (Å²) in [6.07, 6.45) is 1.12. The molecule has 2 heterocycles. The summed E-state index contributed by atoms with van der Waals surface area (Å²) >= 11 is 0. The number of hydrogen-bond acceptors (Lipinski definition) is 3. The van der Waals surface area contributed by atoms with E-state index in [1.807, 2.05) is 12.1 Å². The number of fused-ring (bicyclic) bond motifs is 1. The summed E-state index contributed by atoms with van der Waals surface area (Å²) in [5.74, 6) is -0.127. The zero-order valence-corrected chi connectivity index (χ0v) is 10.9. The van der Waals surface area contributed by atoms with Gasteiger partial charge in [0.15, 0.2) is 0 Å². The summed E-state index contributed by atoms with van der Waals surface area (Å²) in [6.45, 7) is 0.484. The van der Waals surface area contributed by atoms with Crippen LogP contribution < -0.4 is 16.4 Å². The Kier molecular flexibility index (Phi) is 3.06. The van der Waals surface area contributed by atoms with Crippen LogP contribution in [0.4, 0.5) is 5.69 Å². The highest BCUT2D eigenvalue weighted by atomic mass is 16.2. The normalized spacial score (nSPS) is 18.8. The number of H-pyrrole nitrogens is 1. The minimum atomic E-state index is -0.166. The molecule has 1 saturated heterocycles. The Morgan fingerprint density at radius 2 is 2.20 bits per heavy atom. The van der Waals surface area contributed by atoms with Crippen molar-refractivity contribution in [3.05, 3.63) is 30.0 Å². The number of nitrogens with two attached hydrogens (primary N) is 1.